The van der Waals surface area contributed by atoms with Gasteiger partial charge in [0.2, 0.25) is 0 Å². The van der Waals surface area contributed by atoms with Gasteiger partial charge in [-0.05, 0) is 50.8 Å². The van der Waals surface area contributed by atoms with Crippen LogP contribution >= 0.6 is 0 Å². The van der Waals surface area contributed by atoms with Crippen LogP contribution in [0.1, 0.15) is 49.0 Å². The van der Waals surface area contributed by atoms with Gasteiger partial charge in [0.25, 0.3) is 5.91 Å². The number of nitrogens with zero attached hydrogens (tertiary/aromatic N) is 1. The zero-order valence-corrected chi connectivity index (χ0v) is 14.3. The number of piperidine rings is 1. The second-order valence-corrected chi connectivity index (χ2v) is 6.76. The number of aliphatic hydroxyl groups is 1. The van der Waals surface area contributed by atoms with E-state index in [0.717, 1.165) is 11.1 Å². The Morgan fingerprint density at radius 2 is 1.92 bits per heavy atom. The van der Waals surface area contributed by atoms with Crippen molar-refractivity contribution in [3.05, 3.63) is 47.0 Å². The van der Waals surface area contributed by atoms with Gasteiger partial charge in [-0.25, -0.2) is 0 Å². The van der Waals surface area contributed by atoms with Crippen LogP contribution in [0.4, 0.5) is 0 Å². The quantitative estimate of drug-likeness (QED) is 0.813. The minimum absolute atomic E-state index is 0.0665. The number of aliphatic carboxylic acids is 1. The number of allylic oxidation sites excluding steroid dienone is 2. The van der Waals surface area contributed by atoms with Crippen molar-refractivity contribution in [1.29, 1.82) is 0 Å². The Morgan fingerprint density at radius 3 is 2.46 bits per heavy atom. The van der Waals surface area contributed by atoms with Gasteiger partial charge in [-0.1, -0.05) is 23.8 Å². The Kier molecular flexibility index (Phi) is 5.78. The molecule has 1 aliphatic heterocycles. The monoisotopic (exact) mass is 331 g/mol. The number of likely N-dealkylation sites (tertiary alicyclic amines) is 1. The summed E-state index contributed by atoms with van der Waals surface area (Å²) in [4.78, 5) is 26.2. The summed E-state index contributed by atoms with van der Waals surface area (Å²) >= 11 is 0. The third kappa shape index (κ3) is 4.03. The van der Waals surface area contributed by atoms with E-state index in [1.807, 2.05) is 19.9 Å². The number of carboxylic acids is 1. The van der Waals surface area contributed by atoms with Crippen molar-refractivity contribution in [2.24, 2.45) is 5.41 Å². The second-order valence-electron chi connectivity index (χ2n) is 6.76. The van der Waals surface area contributed by atoms with Crippen LogP contribution in [0.2, 0.25) is 0 Å². The molecule has 5 heteroatoms. The molecule has 1 heterocycles. The van der Waals surface area contributed by atoms with Gasteiger partial charge in [-0.3, -0.25) is 9.59 Å². The molecule has 1 aromatic carbocycles. The number of hydrogen-bond donors (Lipinski definition) is 2. The van der Waals surface area contributed by atoms with E-state index in [1.165, 1.54) is 0 Å². The topological polar surface area (TPSA) is 77.8 Å². The normalized spacial score (nSPS) is 20.5. The van der Waals surface area contributed by atoms with E-state index in [9.17, 15) is 14.7 Å². The molecule has 0 radical (unpaired) electrons. The maximum Gasteiger partial charge on any atom is 0.311 e. The standard InChI is InChI=1S/C19H25NO4/c1-14(2)8-10-19(18(23)24)9-3-11-20(13-19)17(22)16-6-4-15(12-21)5-7-16/h4-8,21H,3,9-13H2,1-2H3,(H,23,24). The fourth-order valence-corrected chi connectivity index (χ4v) is 3.07. The van der Waals surface area contributed by atoms with Crippen molar-refractivity contribution in [3.8, 4) is 0 Å². The predicted molar refractivity (Wildman–Crippen MR) is 91.6 cm³/mol. The summed E-state index contributed by atoms with van der Waals surface area (Å²) in [6, 6.07) is 6.79. The van der Waals surface area contributed by atoms with E-state index < -0.39 is 11.4 Å². The molecule has 1 atom stereocenters. The SMILES string of the molecule is CC(C)=CCC1(C(=O)O)CCCN(C(=O)c2ccc(CO)cc2)C1. The van der Waals surface area contributed by atoms with Crippen LogP contribution in [-0.2, 0) is 11.4 Å². The molecule has 1 saturated heterocycles. The Hall–Kier alpha value is -2.14. The van der Waals surface area contributed by atoms with E-state index >= 15 is 0 Å². The lowest BCUT2D eigenvalue weighted by Crippen LogP contribution is -2.49. The number of hydrogen-bond acceptors (Lipinski definition) is 3. The molecule has 1 fully saturated rings. The molecule has 1 aromatic rings. The first-order valence-corrected chi connectivity index (χ1v) is 8.24. The van der Waals surface area contributed by atoms with Crippen LogP contribution < -0.4 is 0 Å². The fourth-order valence-electron chi connectivity index (χ4n) is 3.07. The minimum atomic E-state index is -0.907. The second kappa shape index (κ2) is 7.62. The number of rotatable bonds is 5. The van der Waals surface area contributed by atoms with Crippen LogP contribution in [0.5, 0.6) is 0 Å². The van der Waals surface area contributed by atoms with E-state index in [4.69, 9.17) is 5.11 Å². The number of carbonyl (C=O) groups is 2. The van der Waals surface area contributed by atoms with Crippen molar-refractivity contribution < 1.29 is 19.8 Å². The number of carboxylic acid groups (broad SMARTS) is 1. The summed E-state index contributed by atoms with van der Waals surface area (Å²) in [7, 11) is 0. The van der Waals surface area contributed by atoms with Gasteiger partial charge in [0, 0.05) is 18.7 Å². The zero-order chi connectivity index (χ0) is 17.7. The molecule has 2 rings (SSSR count). The van der Waals surface area contributed by atoms with Gasteiger partial charge in [0.05, 0.1) is 12.0 Å². The van der Waals surface area contributed by atoms with Crippen molar-refractivity contribution in [3.63, 3.8) is 0 Å². The molecule has 0 bridgehead atoms. The van der Waals surface area contributed by atoms with Crippen molar-refractivity contribution in [2.45, 2.75) is 39.7 Å². The molecular weight excluding hydrogens is 306 g/mol. The molecule has 2 N–H and O–H groups in total. The minimum Gasteiger partial charge on any atom is -0.481 e. The highest BCUT2D eigenvalue weighted by molar-refractivity contribution is 5.94. The summed E-state index contributed by atoms with van der Waals surface area (Å²) in [6.45, 7) is 4.63. The van der Waals surface area contributed by atoms with Crippen molar-refractivity contribution in [2.75, 3.05) is 13.1 Å². The van der Waals surface area contributed by atoms with Gasteiger partial charge >= 0.3 is 5.97 Å². The van der Waals surface area contributed by atoms with Gasteiger partial charge in [-0.2, -0.15) is 0 Å². The van der Waals surface area contributed by atoms with E-state index in [2.05, 4.69) is 0 Å². The van der Waals surface area contributed by atoms with Crippen LogP contribution in [0.25, 0.3) is 0 Å². The molecule has 0 spiro atoms. The smallest absolute Gasteiger partial charge is 0.311 e. The summed E-state index contributed by atoms with van der Waals surface area (Å²) in [5.41, 5.74) is 1.44. The predicted octanol–water partition coefficient (Wildman–Crippen LogP) is 2.84. The van der Waals surface area contributed by atoms with Crippen LogP contribution in [0.3, 0.4) is 0 Å². The van der Waals surface area contributed by atoms with Gasteiger partial charge in [0.1, 0.15) is 0 Å². The summed E-state index contributed by atoms with van der Waals surface area (Å²) in [5, 5.41) is 18.8. The summed E-state index contributed by atoms with van der Waals surface area (Å²) < 4.78 is 0. The molecule has 130 valence electrons. The zero-order valence-electron chi connectivity index (χ0n) is 14.3. The van der Waals surface area contributed by atoms with Crippen molar-refractivity contribution >= 4 is 11.9 Å². The average Bonchev–Trinajstić information content (AvgIpc) is 2.59. The van der Waals surface area contributed by atoms with Crippen LogP contribution in [-0.4, -0.2) is 40.1 Å². The Labute approximate surface area is 142 Å². The Morgan fingerprint density at radius 1 is 1.25 bits per heavy atom. The number of amides is 1. The third-order valence-corrected chi connectivity index (χ3v) is 4.60. The van der Waals surface area contributed by atoms with E-state index in [-0.39, 0.29) is 19.1 Å². The highest BCUT2D eigenvalue weighted by atomic mass is 16.4. The van der Waals surface area contributed by atoms with Crippen molar-refractivity contribution in [1.82, 2.24) is 4.90 Å². The molecule has 0 aliphatic carbocycles. The summed E-state index contributed by atoms with van der Waals surface area (Å²) in [6.07, 6.45) is 3.65. The Balaban J connectivity index is 2.19. The molecule has 1 unspecified atom stereocenters. The van der Waals surface area contributed by atoms with Crippen LogP contribution in [0, 0.1) is 5.41 Å². The maximum atomic E-state index is 12.7. The Bertz CT molecular complexity index is 631. The molecule has 1 amide bonds. The summed E-state index contributed by atoms with van der Waals surface area (Å²) in [5.74, 6) is -0.991. The molecule has 0 aromatic heterocycles. The first kappa shape index (κ1) is 18.2. The molecule has 24 heavy (non-hydrogen) atoms. The molecule has 0 saturated carbocycles. The van der Waals surface area contributed by atoms with E-state index in [0.29, 0.717) is 31.4 Å². The molecule has 1 aliphatic rings. The van der Waals surface area contributed by atoms with E-state index in [1.54, 1.807) is 29.2 Å². The fraction of sp³-hybridized carbons (Fsp3) is 0.474. The molecular formula is C19H25NO4. The number of benzene rings is 1. The van der Waals surface area contributed by atoms with Gasteiger partial charge in [0.15, 0.2) is 0 Å². The maximum absolute atomic E-state index is 12.7. The van der Waals surface area contributed by atoms with Gasteiger partial charge in [-0.15, -0.1) is 0 Å². The lowest BCUT2D eigenvalue weighted by Gasteiger charge is -2.39. The highest BCUT2D eigenvalue weighted by Crippen LogP contribution is 2.35. The first-order valence-electron chi connectivity index (χ1n) is 8.24. The third-order valence-electron chi connectivity index (χ3n) is 4.60. The number of carbonyl (C=O) groups excluding carboxylic acids is 1. The largest absolute Gasteiger partial charge is 0.481 e. The first-order chi connectivity index (χ1) is 11.4. The lowest BCUT2D eigenvalue weighted by atomic mass is 9.76. The molecule has 5 nitrogen and oxygen atoms in total. The average molecular weight is 331 g/mol. The highest BCUT2D eigenvalue weighted by Gasteiger charge is 2.42. The number of aliphatic hydroxyl groups excluding tert-OH is 1. The lowest BCUT2D eigenvalue weighted by molar-refractivity contribution is -0.151. The van der Waals surface area contributed by atoms with Gasteiger partial charge < -0.3 is 15.1 Å². The van der Waals surface area contributed by atoms with Crippen LogP contribution in [0.15, 0.2) is 35.9 Å².